The fourth-order valence-corrected chi connectivity index (χ4v) is 1.80. The fraction of sp³-hybridized carbons (Fsp3) is 0.111. The second-order valence-corrected chi connectivity index (χ2v) is 4.77. The molecular formula is C18H16O3. The predicted octanol–water partition coefficient (Wildman–Crippen LogP) is 3.76. The van der Waals surface area contributed by atoms with Gasteiger partial charge in [0.2, 0.25) is 0 Å². The van der Waals surface area contributed by atoms with Crippen molar-refractivity contribution in [3.05, 3.63) is 83.7 Å². The van der Waals surface area contributed by atoms with Crippen LogP contribution in [-0.4, -0.2) is 11.8 Å². The number of hydrogen-bond acceptors (Lipinski definition) is 3. The Morgan fingerprint density at radius 2 is 1.90 bits per heavy atom. The Labute approximate surface area is 123 Å². The summed E-state index contributed by atoms with van der Waals surface area (Å²) in [5.41, 5.74) is 2.48. The molecule has 1 aromatic carbocycles. The molecule has 0 spiro atoms. The van der Waals surface area contributed by atoms with Crippen molar-refractivity contribution in [2.75, 3.05) is 0 Å². The van der Waals surface area contributed by atoms with E-state index in [0.717, 1.165) is 5.57 Å². The van der Waals surface area contributed by atoms with E-state index in [0.29, 0.717) is 23.1 Å². The molecule has 106 valence electrons. The maximum Gasteiger partial charge on any atom is 0.337 e. The van der Waals surface area contributed by atoms with Crippen molar-refractivity contribution in [2.45, 2.75) is 13.3 Å². The molecule has 1 aliphatic rings. The van der Waals surface area contributed by atoms with E-state index in [2.05, 4.69) is 6.58 Å². The number of rotatable bonds is 4. The van der Waals surface area contributed by atoms with Gasteiger partial charge in [-0.25, -0.2) is 4.79 Å². The summed E-state index contributed by atoms with van der Waals surface area (Å²) >= 11 is 0. The van der Waals surface area contributed by atoms with E-state index in [1.807, 2.05) is 24.3 Å². The molecule has 0 bridgehead atoms. The SMILES string of the molecule is C=C(C)C(=O)OC=C1C=CC(C(=O)c2ccccc2)=CC1. The van der Waals surface area contributed by atoms with E-state index in [9.17, 15) is 9.59 Å². The molecule has 21 heavy (non-hydrogen) atoms. The van der Waals surface area contributed by atoms with Crippen LogP contribution >= 0.6 is 0 Å². The molecule has 0 saturated heterocycles. The smallest absolute Gasteiger partial charge is 0.337 e. The van der Waals surface area contributed by atoms with Crippen LogP contribution in [0.1, 0.15) is 23.7 Å². The van der Waals surface area contributed by atoms with Gasteiger partial charge in [0.25, 0.3) is 0 Å². The van der Waals surface area contributed by atoms with Crippen molar-refractivity contribution in [2.24, 2.45) is 0 Å². The summed E-state index contributed by atoms with van der Waals surface area (Å²) in [7, 11) is 0. The molecule has 2 rings (SSSR count). The lowest BCUT2D eigenvalue weighted by Gasteiger charge is -2.09. The van der Waals surface area contributed by atoms with Gasteiger partial charge >= 0.3 is 5.97 Å². The summed E-state index contributed by atoms with van der Waals surface area (Å²) in [6.07, 6.45) is 7.29. The van der Waals surface area contributed by atoms with Crippen molar-refractivity contribution in [3.63, 3.8) is 0 Å². The van der Waals surface area contributed by atoms with Crippen LogP contribution in [0.3, 0.4) is 0 Å². The van der Waals surface area contributed by atoms with Gasteiger partial charge in [0.15, 0.2) is 5.78 Å². The number of hydrogen-bond donors (Lipinski definition) is 0. The predicted molar refractivity (Wildman–Crippen MR) is 81.6 cm³/mol. The van der Waals surface area contributed by atoms with Crippen LogP contribution in [-0.2, 0) is 9.53 Å². The number of ether oxygens (including phenoxy) is 1. The molecule has 0 N–H and O–H groups in total. The molecule has 0 aromatic heterocycles. The van der Waals surface area contributed by atoms with E-state index in [1.165, 1.54) is 6.26 Å². The third kappa shape index (κ3) is 3.89. The average Bonchev–Trinajstić information content (AvgIpc) is 2.53. The van der Waals surface area contributed by atoms with Gasteiger partial charge in [0.05, 0.1) is 6.26 Å². The minimum Gasteiger partial charge on any atom is -0.431 e. The molecule has 1 aromatic rings. The number of carbonyl (C=O) groups is 2. The molecule has 0 atom stereocenters. The monoisotopic (exact) mass is 280 g/mol. The Bertz CT molecular complexity index is 661. The quantitative estimate of drug-likeness (QED) is 0.365. The minimum absolute atomic E-state index is 0.00942. The Morgan fingerprint density at radius 1 is 1.19 bits per heavy atom. The van der Waals surface area contributed by atoms with Gasteiger partial charge in [-0.15, -0.1) is 0 Å². The van der Waals surface area contributed by atoms with Gasteiger partial charge < -0.3 is 4.74 Å². The van der Waals surface area contributed by atoms with Crippen LogP contribution in [0.25, 0.3) is 0 Å². The van der Waals surface area contributed by atoms with Gasteiger partial charge in [-0.05, 0) is 18.9 Å². The summed E-state index contributed by atoms with van der Waals surface area (Å²) in [6.45, 7) is 5.10. The first-order chi connectivity index (χ1) is 10.1. The van der Waals surface area contributed by atoms with Gasteiger partial charge in [0, 0.05) is 16.7 Å². The lowest BCUT2D eigenvalue weighted by Crippen LogP contribution is -2.04. The lowest BCUT2D eigenvalue weighted by atomic mass is 9.96. The second-order valence-electron chi connectivity index (χ2n) is 4.77. The molecule has 0 aliphatic heterocycles. The number of esters is 1. The molecule has 0 saturated carbocycles. The summed E-state index contributed by atoms with van der Waals surface area (Å²) < 4.78 is 4.96. The Balaban J connectivity index is 2.02. The van der Waals surface area contributed by atoms with Crippen LogP contribution in [0.5, 0.6) is 0 Å². The largest absolute Gasteiger partial charge is 0.431 e. The normalized spacial score (nSPS) is 15.5. The number of benzene rings is 1. The van der Waals surface area contributed by atoms with Gasteiger partial charge in [-0.2, -0.15) is 0 Å². The number of ketones is 1. The lowest BCUT2D eigenvalue weighted by molar-refractivity contribution is -0.133. The zero-order valence-corrected chi connectivity index (χ0v) is 11.8. The maximum absolute atomic E-state index is 12.2. The maximum atomic E-state index is 12.2. The molecular weight excluding hydrogens is 264 g/mol. The first-order valence-corrected chi connectivity index (χ1v) is 6.61. The summed E-state index contributed by atoms with van der Waals surface area (Å²) in [5, 5.41) is 0. The highest BCUT2D eigenvalue weighted by Crippen LogP contribution is 2.19. The molecule has 0 unspecified atom stereocenters. The van der Waals surface area contributed by atoms with Crippen LogP contribution < -0.4 is 0 Å². The van der Waals surface area contributed by atoms with E-state index in [4.69, 9.17) is 4.74 Å². The third-order valence-corrected chi connectivity index (χ3v) is 3.00. The summed E-state index contributed by atoms with van der Waals surface area (Å²) in [5.74, 6) is -0.462. The van der Waals surface area contributed by atoms with E-state index in [-0.39, 0.29) is 5.78 Å². The molecule has 0 heterocycles. The van der Waals surface area contributed by atoms with Crippen molar-refractivity contribution >= 4 is 11.8 Å². The van der Waals surface area contributed by atoms with E-state index >= 15 is 0 Å². The molecule has 0 fully saturated rings. The molecule has 3 nitrogen and oxygen atoms in total. The fourth-order valence-electron chi connectivity index (χ4n) is 1.80. The summed E-state index contributed by atoms with van der Waals surface area (Å²) in [4.78, 5) is 23.5. The van der Waals surface area contributed by atoms with Crippen LogP contribution in [0.4, 0.5) is 0 Å². The Hall–Kier alpha value is -2.68. The van der Waals surface area contributed by atoms with Crippen molar-refractivity contribution in [1.29, 1.82) is 0 Å². The molecule has 3 heteroatoms. The highest BCUT2D eigenvalue weighted by atomic mass is 16.5. The summed E-state index contributed by atoms with van der Waals surface area (Å²) in [6, 6.07) is 9.12. The number of allylic oxidation sites excluding steroid dienone is 5. The van der Waals surface area contributed by atoms with Crippen molar-refractivity contribution < 1.29 is 14.3 Å². The average molecular weight is 280 g/mol. The topological polar surface area (TPSA) is 43.4 Å². The zero-order chi connectivity index (χ0) is 15.2. The molecule has 0 amide bonds. The van der Waals surface area contributed by atoms with Crippen LogP contribution in [0.2, 0.25) is 0 Å². The number of carbonyl (C=O) groups excluding carboxylic acids is 2. The minimum atomic E-state index is -0.453. The van der Waals surface area contributed by atoms with Crippen molar-refractivity contribution in [1.82, 2.24) is 0 Å². The highest BCUT2D eigenvalue weighted by Gasteiger charge is 2.12. The van der Waals surface area contributed by atoms with Crippen molar-refractivity contribution in [3.8, 4) is 0 Å². The van der Waals surface area contributed by atoms with Gasteiger partial charge in [-0.3, -0.25) is 4.79 Å². The highest BCUT2D eigenvalue weighted by molar-refractivity contribution is 6.10. The zero-order valence-electron chi connectivity index (χ0n) is 11.8. The Morgan fingerprint density at radius 3 is 2.48 bits per heavy atom. The van der Waals surface area contributed by atoms with Gasteiger partial charge in [0.1, 0.15) is 0 Å². The third-order valence-electron chi connectivity index (χ3n) is 3.00. The molecule has 1 aliphatic carbocycles. The second kappa shape index (κ2) is 6.66. The molecule has 0 radical (unpaired) electrons. The standard InChI is InChI=1S/C18H16O3/c1-13(2)18(20)21-12-14-8-10-16(11-9-14)17(19)15-6-4-3-5-7-15/h3-8,10-12H,1,9H2,2H3. The van der Waals surface area contributed by atoms with E-state index < -0.39 is 5.97 Å². The van der Waals surface area contributed by atoms with Crippen LogP contribution in [0, 0.1) is 0 Å². The van der Waals surface area contributed by atoms with Gasteiger partial charge in [-0.1, -0.05) is 55.1 Å². The number of Topliss-reactive ketones (excluding diaryl/α,β-unsaturated/α-hetero) is 1. The Kier molecular flexibility index (Phi) is 4.67. The van der Waals surface area contributed by atoms with Crippen LogP contribution in [0.15, 0.2) is 78.1 Å². The first-order valence-electron chi connectivity index (χ1n) is 6.61. The first kappa shape index (κ1) is 14.7. The van der Waals surface area contributed by atoms with E-state index in [1.54, 1.807) is 31.2 Å².